The van der Waals surface area contributed by atoms with Crippen molar-refractivity contribution in [2.45, 2.75) is 52.2 Å². The Bertz CT molecular complexity index is 452. The molecule has 0 atom stereocenters. The molecule has 102 valence electrons. The highest BCUT2D eigenvalue weighted by Crippen LogP contribution is 2.19. The Morgan fingerprint density at radius 1 is 1.16 bits per heavy atom. The zero-order valence-electron chi connectivity index (χ0n) is 12.8. The van der Waals surface area contributed by atoms with E-state index in [1.54, 1.807) is 5.20 Å². The molecule has 1 rings (SSSR count). The summed E-state index contributed by atoms with van der Waals surface area (Å²) in [5, 5.41) is 1.60. The van der Waals surface area contributed by atoms with Crippen LogP contribution in [0, 0.1) is 11.8 Å². The van der Waals surface area contributed by atoms with Crippen LogP contribution in [0.5, 0.6) is 0 Å². The van der Waals surface area contributed by atoms with Gasteiger partial charge in [-0.1, -0.05) is 80.7 Å². The van der Waals surface area contributed by atoms with E-state index in [0.717, 1.165) is 12.0 Å². The number of benzene rings is 1. The molecule has 0 N–H and O–H groups in total. The van der Waals surface area contributed by atoms with Crippen LogP contribution in [0.4, 0.5) is 0 Å². The van der Waals surface area contributed by atoms with Crippen LogP contribution >= 0.6 is 0 Å². The third-order valence-corrected chi connectivity index (χ3v) is 5.50. The van der Waals surface area contributed by atoms with Crippen molar-refractivity contribution in [3.63, 3.8) is 0 Å². The lowest BCUT2D eigenvalue weighted by molar-refractivity contribution is 0.812. The summed E-state index contributed by atoms with van der Waals surface area (Å²) >= 11 is 0. The number of allylic oxidation sites excluding steroid dienone is 2. The summed E-state index contributed by atoms with van der Waals surface area (Å²) in [5.41, 5.74) is 1.12. The molecule has 19 heavy (non-hydrogen) atoms. The van der Waals surface area contributed by atoms with Crippen molar-refractivity contribution < 1.29 is 0 Å². The predicted octanol–water partition coefficient (Wildman–Crippen LogP) is 5.42. The second-order valence-corrected chi connectivity index (χ2v) is 11.1. The van der Waals surface area contributed by atoms with Crippen LogP contribution in [0.2, 0.25) is 19.6 Å². The molecule has 0 aliphatic heterocycles. The SMILES string of the molecule is CCCC/C=C(/CC#Cc1ccccc1)[Si](C)(C)C. The van der Waals surface area contributed by atoms with Gasteiger partial charge in [0.2, 0.25) is 0 Å². The molecule has 1 heteroatoms. The lowest BCUT2D eigenvalue weighted by Crippen LogP contribution is -2.23. The van der Waals surface area contributed by atoms with Crippen LogP contribution in [0.3, 0.4) is 0 Å². The molecule has 0 spiro atoms. The van der Waals surface area contributed by atoms with Crippen LogP contribution < -0.4 is 0 Å². The second-order valence-electron chi connectivity index (χ2n) is 5.97. The highest BCUT2D eigenvalue weighted by atomic mass is 28.3. The van der Waals surface area contributed by atoms with Crippen molar-refractivity contribution in [2.75, 3.05) is 0 Å². The smallest absolute Gasteiger partial charge is 0.0732 e. The number of hydrogen-bond acceptors (Lipinski definition) is 0. The summed E-state index contributed by atoms with van der Waals surface area (Å²) in [6, 6.07) is 10.3. The lowest BCUT2D eigenvalue weighted by Gasteiger charge is -2.19. The van der Waals surface area contributed by atoms with Crippen LogP contribution in [0.25, 0.3) is 0 Å². The van der Waals surface area contributed by atoms with E-state index in [4.69, 9.17) is 0 Å². The largest absolute Gasteiger partial charge is 0.0939 e. The van der Waals surface area contributed by atoms with Crippen LogP contribution in [0.15, 0.2) is 41.6 Å². The number of rotatable bonds is 5. The minimum absolute atomic E-state index is 0.939. The van der Waals surface area contributed by atoms with Gasteiger partial charge in [-0.2, -0.15) is 0 Å². The summed E-state index contributed by atoms with van der Waals surface area (Å²) in [6.45, 7) is 9.48. The van der Waals surface area contributed by atoms with E-state index in [2.05, 4.69) is 56.6 Å². The van der Waals surface area contributed by atoms with Crippen molar-refractivity contribution in [2.24, 2.45) is 0 Å². The first kappa shape index (κ1) is 15.8. The Morgan fingerprint density at radius 3 is 2.42 bits per heavy atom. The number of unbranched alkanes of at least 4 members (excludes halogenated alkanes) is 2. The van der Waals surface area contributed by atoms with Crippen molar-refractivity contribution in [3.05, 3.63) is 47.2 Å². The topological polar surface area (TPSA) is 0 Å². The molecule has 0 nitrogen and oxygen atoms in total. The van der Waals surface area contributed by atoms with Crippen molar-refractivity contribution in [3.8, 4) is 11.8 Å². The number of hydrogen-bond donors (Lipinski definition) is 0. The van der Waals surface area contributed by atoms with Gasteiger partial charge in [0.25, 0.3) is 0 Å². The fourth-order valence-electron chi connectivity index (χ4n) is 1.89. The molecule has 0 aromatic heterocycles. The fraction of sp³-hybridized carbons (Fsp3) is 0.444. The zero-order valence-corrected chi connectivity index (χ0v) is 13.8. The minimum Gasteiger partial charge on any atom is -0.0939 e. The van der Waals surface area contributed by atoms with Gasteiger partial charge in [0.05, 0.1) is 8.07 Å². The van der Waals surface area contributed by atoms with Gasteiger partial charge < -0.3 is 0 Å². The van der Waals surface area contributed by atoms with E-state index in [9.17, 15) is 0 Å². The van der Waals surface area contributed by atoms with Crippen LogP contribution in [-0.4, -0.2) is 8.07 Å². The van der Waals surface area contributed by atoms with E-state index >= 15 is 0 Å². The molecular formula is C18H26Si. The van der Waals surface area contributed by atoms with Gasteiger partial charge in [0.1, 0.15) is 0 Å². The average molecular weight is 270 g/mol. The van der Waals surface area contributed by atoms with Crippen LogP contribution in [-0.2, 0) is 0 Å². The summed E-state index contributed by atoms with van der Waals surface area (Å²) in [6.07, 6.45) is 7.16. The first-order chi connectivity index (χ1) is 9.04. The van der Waals surface area contributed by atoms with Gasteiger partial charge in [-0.3, -0.25) is 0 Å². The first-order valence-corrected chi connectivity index (χ1v) is 10.8. The third-order valence-electron chi connectivity index (χ3n) is 3.20. The maximum absolute atomic E-state index is 3.35. The van der Waals surface area contributed by atoms with E-state index in [0.29, 0.717) is 0 Å². The van der Waals surface area contributed by atoms with E-state index in [-0.39, 0.29) is 0 Å². The molecule has 0 aliphatic carbocycles. The monoisotopic (exact) mass is 270 g/mol. The quantitative estimate of drug-likeness (QED) is 0.380. The van der Waals surface area contributed by atoms with Gasteiger partial charge in [-0.15, -0.1) is 0 Å². The van der Waals surface area contributed by atoms with E-state index < -0.39 is 8.07 Å². The third kappa shape index (κ3) is 6.45. The van der Waals surface area contributed by atoms with Crippen LogP contribution in [0.1, 0.15) is 38.2 Å². The maximum Gasteiger partial charge on any atom is 0.0732 e. The van der Waals surface area contributed by atoms with Crippen molar-refractivity contribution >= 4 is 8.07 Å². The van der Waals surface area contributed by atoms with Gasteiger partial charge >= 0.3 is 0 Å². The average Bonchev–Trinajstić information content (AvgIpc) is 2.37. The molecule has 0 radical (unpaired) electrons. The Balaban J connectivity index is 2.69. The highest BCUT2D eigenvalue weighted by Gasteiger charge is 2.17. The molecule has 0 saturated carbocycles. The van der Waals surface area contributed by atoms with Gasteiger partial charge in [-0.05, 0) is 18.6 Å². The normalized spacial score (nSPS) is 11.9. The standard InChI is InChI=1S/C18H26Si/c1-5-6-8-15-18(19(2,3)4)16-11-14-17-12-9-7-10-13-17/h7,9-10,12-13,15H,5-6,8,16H2,1-4H3/b18-15-. The molecular weight excluding hydrogens is 244 g/mol. The molecule has 0 amide bonds. The Labute approximate surface area is 120 Å². The Kier molecular flexibility index (Phi) is 6.66. The molecule has 0 saturated heterocycles. The summed E-state index contributed by atoms with van der Waals surface area (Å²) in [4.78, 5) is 0. The Hall–Kier alpha value is -1.26. The molecule has 0 fully saturated rings. The minimum atomic E-state index is -1.22. The molecule has 0 aliphatic rings. The molecule has 0 heterocycles. The van der Waals surface area contributed by atoms with Gasteiger partial charge in [-0.25, -0.2) is 0 Å². The zero-order chi connectivity index (χ0) is 14.1. The summed E-state index contributed by atoms with van der Waals surface area (Å²) < 4.78 is 0. The lowest BCUT2D eigenvalue weighted by atomic mass is 10.2. The second kappa shape index (κ2) is 8.02. The molecule has 0 bridgehead atoms. The Morgan fingerprint density at radius 2 is 1.84 bits per heavy atom. The molecule has 1 aromatic rings. The molecule has 1 aromatic carbocycles. The highest BCUT2D eigenvalue weighted by molar-refractivity contribution is 6.83. The molecule has 0 unspecified atom stereocenters. The maximum atomic E-state index is 3.35. The first-order valence-electron chi connectivity index (χ1n) is 7.27. The summed E-state index contributed by atoms with van der Waals surface area (Å²) in [5.74, 6) is 6.62. The van der Waals surface area contributed by atoms with Gasteiger partial charge in [0.15, 0.2) is 0 Å². The fourth-order valence-corrected chi connectivity index (χ4v) is 3.26. The predicted molar refractivity (Wildman–Crippen MR) is 88.9 cm³/mol. The van der Waals surface area contributed by atoms with E-state index in [1.165, 1.54) is 19.3 Å². The summed E-state index contributed by atoms with van der Waals surface area (Å²) in [7, 11) is -1.22. The van der Waals surface area contributed by atoms with Gasteiger partial charge in [0, 0.05) is 12.0 Å². The van der Waals surface area contributed by atoms with Crippen molar-refractivity contribution in [1.29, 1.82) is 0 Å². The van der Waals surface area contributed by atoms with Crippen molar-refractivity contribution in [1.82, 2.24) is 0 Å². The van der Waals surface area contributed by atoms with E-state index in [1.807, 2.05) is 18.2 Å².